The summed E-state index contributed by atoms with van der Waals surface area (Å²) in [5, 5.41) is 21.8. The normalized spacial score (nSPS) is 19.0. The topological polar surface area (TPSA) is 137 Å². The number of nitrogens with zero attached hydrogens (tertiary/aromatic N) is 7. The van der Waals surface area contributed by atoms with Crippen LogP contribution in [0.1, 0.15) is 89.5 Å². The van der Waals surface area contributed by atoms with Crippen LogP contribution in [0.3, 0.4) is 0 Å². The van der Waals surface area contributed by atoms with E-state index in [1.165, 1.54) is 0 Å². The van der Waals surface area contributed by atoms with E-state index < -0.39 is 12.1 Å². The minimum absolute atomic E-state index is 0.0210. The van der Waals surface area contributed by atoms with Crippen molar-refractivity contribution in [3.05, 3.63) is 105 Å². The lowest BCUT2D eigenvalue weighted by Crippen LogP contribution is -2.62. The van der Waals surface area contributed by atoms with Gasteiger partial charge in [-0.25, -0.2) is 9.78 Å². The smallest absolute Gasteiger partial charge is 0.410 e. The van der Waals surface area contributed by atoms with Gasteiger partial charge in [0.15, 0.2) is 0 Å². The minimum atomic E-state index is -0.836. The monoisotopic (exact) mass is 769 g/mol. The summed E-state index contributed by atoms with van der Waals surface area (Å²) in [5.41, 5.74) is 6.84. The van der Waals surface area contributed by atoms with E-state index in [1.54, 1.807) is 24.3 Å². The van der Waals surface area contributed by atoms with Gasteiger partial charge in [0.25, 0.3) is 0 Å². The quantitative estimate of drug-likeness (QED) is 0.190. The van der Waals surface area contributed by atoms with Gasteiger partial charge in [-0.3, -0.25) is 24.6 Å². The highest BCUT2D eigenvalue weighted by molar-refractivity contribution is 6.30. The van der Waals surface area contributed by atoms with Gasteiger partial charge in [-0.2, -0.15) is 0 Å². The van der Waals surface area contributed by atoms with Gasteiger partial charge >= 0.3 is 6.09 Å². The number of imidazole rings is 1. The highest BCUT2D eigenvalue weighted by Crippen LogP contribution is 2.38. The number of ether oxygens (including phenoxy) is 1. The van der Waals surface area contributed by atoms with Gasteiger partial charge in [0.05, 0.1) is 36.1 Å². The fourth-order valence-corrected chi connectivity index (χ4v) is 8.74. The average molecular weight is 770 g/mol. The third-order valence-electron chi connectivity index (χ3n) is 11.5. The molecule has 55 heavy (non-hydrogen) atoms. The van der Waals surface area contributed by atoms with E-state index in [0.29, 0.717) is 60.9 Å². The minimum Gasteiger partial charge on any atom is -0.506 e. The second-order valence-electron chi connectivity index (χ2n) is 15.2. The molecule has 3 aromatic heterocycles. The molecule has 1 aromatic carbocycles. The third-order valence-corrected chi connectivity index (χ3v) is 11.8. The van der Waals surface area contributed by atoms with E-state index in [2.05, 4.69) is 27.0 Å². The fraction of sp³-hybridized carbons (Fsp3) is 0.500. The summed E-state index contributed by atoms with van der Waals surface area (Å²) in [5.74, 6) is -0.165. The van der Waals surface area contributed by atoms with Crippen molar-refractivity contribution >= 4 is 23.6 Å². The van der Waals surface area contributed by atoms with Crippen LogP contribution in [0.15, 0.2) is 55.2 Å². The number of carbonyl (C=O) groups excluding carboxylic acids is 2. The molecule has 2 amide bonds. The summed E-state index contributed by atoms with van der Waals surface area (Å²) in [6, 6.07) is 9.06. The fourth-order valence-electron chi connectivity index (χ4n) is 8.54. The summed E-state index contributed by atoms with van der Waals surface area (Å²) in [6.45, 7) is 5.82. The number of carbonyl (C=O) groups is 2. The first-order valence-corrected chi connectivity index (χ1v) is 20.1. The predicted molar refractivity (Wildman–Crippen MR) is 209 cm³/mol. The molecule has 2 aliphatic carbocycles. The Morgan fingerprint density at radius 3 is 2.62 bits per heavy atom. The molecule has 4 heterocycles. The zero-order chi connectivity index (χ0) is 38.5. The molecule has 2 fully saturated rings. The van der Waals surface area contributed by atoms with Gasteiger partial charge in [0, 0.05) is 74.0 Å². The standard InChI is InChI=1S/C42H52ClN7O5/c1-28-24-47(27-46-28)17-7-18-48(19-15-36-32(26-51)23-45-29(2)40(36)52)41(53)37-25-49(20-21-50(37)42(54)55-34-9-4-3-5-10-34)39-35-14-13-33(43)22-31(35)12-11-30-8-6-16-44-38(30)39/h6,8,13-14,16,22-24,27,34,37,39,51-52H,3-5,7,9-12,15,17-21,25-26H2,1-2H3/t37-,39+/m1/s1. The van der Waals surface area contributed by atoms with Crippen LogP contribution >= 0.6 is 11.6 Å². The van der Waals surface area contributed by atoms with Crippen molar-refractivity contribution in [1.82, 2.24) is 34.2 Å². The van der Waals surface area contributed by atoms with Crippen LogP contribution in [-0.4, -0.2) is 101 Å². The molecule has 0 unspecified atom stereocenters. The SMILES string of the molecule is Cc1cn(CCCN(CCc2c(CO)cnc(C)c2O)C(=O)[C@H]2CN([C@H]3c4ccc(Cl)cc4CCc4cccnc43)CCN2C(=O)OC2CCCCC2)cn1. The number of fused-ring (bicyclic) bond motifs is 2. The number of aliphatic hydroxyl groups excluding tert-OH is 1. The molecule has 13 heteroatoms. The lowest BCUT2D eigenvalue weighted by atomic mass is 9.95. The molecule has 0 radical (unpaired) electrons. The molecular formula is C42H52ClN7O5. The van der Waals surface area contributed by atoms with Gasteiger partial charge in [0.2, 0.25) is 5.91 Å². The molecule has 3 aliphatic rings. The van der Waals surface area contributed by atoms with Gasteiger partial charge < -0.3 is 24.4 Å². The van der Waals surface area contributed by atoms with Crippen molar-refractivity contribution in [2.24, 2.45) is 0 Å². The van der Waals surface area contributed by atoms with Crippen LogP contribution < -0.4 is 0 Å². The molecule has 1 saturated heterocycles. The molecular weight excluding hydrogens is 718 g/mol. The van der Waals surface area contributed by atoms with Gasteiger partial charge in [-0.15, -0.1) is 0 Å². The molecule has 292 valence electrons. The highest BCUT2D eigenvalue weighted by Gasteiger charge is 2.43. The van der Waals surface area contributed by atoms with E-state index in [4.69, 9.17) is 21.3 Å². The van der Waals surface area contributed by atoms with Crippen molar-refractivity contribution < 1.29 is 24.5 Å². The van der Waals surface area contributed by atoms with Crippen molar-refractivity contribution in [3.63, 3.8) is 0 Å². The first-order chi connectivity index (χ1) is 26.7. The van der Waals surface area contributed by atoms with Crippen molar-refractivity contribution in [2.45, 2.75) is 103 Å². The number of pyridine rings is 2. The third kappa shape index (κ3) is 8.82. The number of aliphatic hydroxyl groups is 1. The second kappa shape index (κ2) is 17.5. The van der Waals surface area contributed by atoms with E-state index in [0.717, 1.165) is 73.0 Å². The zero-order valence-electron chi connectivity index (χ0n) is 31.9. The Morgan fingerprint density at radius 1 is 1.02 bits per heavy atom. The number of halogens is 1. The molecule has 0 spiro atoms. The van der Waals surface area contributed by atoms with Crippen LogP contribution in [0.25, 0.3) is 0 Å². The van der Waals surface area contributed by atoms with Gasteiger partial charge in [-0.1, -0.05) is 30.2 Å². The predicted octanol–water partition coefficient (Wildman–Crippen LogP) is 5.95. The molecule has 4 aromatic rings. The summed E-state index contributed by atoms with van der Waals surface area (Å²) < 4.78 is 8.15. The Morgan fingerprint density at radius 2 is 1.84 bits per heavy atom. The van der Waals surface area contributed by atoms with Crippen molar-refractivity contribution in [3.8, 4) is 5.75 Å². The number of amides is 2. The zero-order valence-corrected chi connectivity index (χ0v) is 32.6. The molecule has 2 atom stereocenters. The second-order valence-corrected chi connectivity index (χ2v) is 15.6. The van der Waals surface area contributed by atoms with E-state index in [1.807, 2.05) is 47.0 Å². The van der Waals surface area contributed by atoms with E-state index in [9.17, 15) is 15.0 Å². The van der Waals surface area contributed by atoms with Gasteiger partial charge in [-0.05, 0) is 100 Å². The molecule has 0 bridgehead atoms. The number of aromatic nitrogens is 4. The number of benzene rings is 1. The molecule has 12 nitrogen and oxygen atoms in total. The lowest BCUT2D eigenvalue weighted by Gasteiger charge is -2.45. The highest BCUT2D eigenvalue weighted by atomic mass is 35.5. The van der Waals surface area contributed by atoms with Crippen molar-refractivity contribution in [2.75, 3.05) is 32.7 Å². The molecule has 2 N–H and O–H groups in total. The van der Waals surface area contributed by atoms with Crippen LogP contribution in [0, 0.1) is 13.8 Å². The van der Waals surface area contributed by atoms with Crippen LogP contribution in [-0.2, 0) is 41.9 Å². The Kier molecular flexibility index (Phi) is 12.3. The largest absolute Gasteiger partial charge is 0.506 e. The van der Waals surface area contributed by atoms with E-state index >= 15 is 4.79 Å². The van der Waals surface area contributed by atoms with Crippen molar-refractivity contribution in [1.29, 1.82) is 0 Å². The lowest BCUT2D eigenvalue weighted by molar-refractivity contribution is -0.139. The van der Waals surface area contributed by atoms with Gasteiger partial charge in [0.1, 0.15) is 17.9 Å². The number of hydrogen-bond acceptors (Lipinski definition) is 9. The summed E-state index contributed by atoms with van der Waals surface area (Å²) >= 11 is 6.53. The van der Waals surface area contributed by atoms with E-state index in [-0.39, 0.29) is 43.5 Å². The van der Waals surface area contributed by atoms with Crippen LogP contribution in [0.4, 0.5) is 4.79 Å². The molecule has 1 saturated carbocycles. The Hall–Kier alpha value is -4.52. The number of rotatable bonds is 11. The molecule has 7 rings (SSSR count). The first kappa shape index (κ1) is 38.7. The Balaban J connectivity index is 1.22. The Labute approximate surface area is 328 Å². The average Bonchev–Trinajstić information content (AvgIpc) is 3.54. The van der Waals surface area contributed by atoms with Crippen LogP contribution in [0.5, 0.6) is 5.75 Å². The van der Waals surface area contributed by atoms with Crippen LogP contribution in [0.2, 0.25) is 5.02 Å². The summed E-state index contributed by atoms with van der Waals surface area (Å²) in [4.78, 5) is 48.6. The summed E-state index contributed by atoms with van der Waals surface area (Å²) in [7, 11) is 0. The maximum absolute atomic E-state index is 15.2. The molecule has 1 aliphatic heterocycles. The maximum atomic E-state index is 15.2. The summed E-state index contributed by atoms with van der Waals surface area (Å²) in [6.07, 6.45) is 14.0. The number of hydrogen-bond donors (Lipinski definition) is 2. The Bertz CT molecular complexity index is 1980. The number of piperazine rings is 1. The number of aryl methyl sites for hydroxylation is 5. The maximum Gasteiger partial charge on any atom is 0.410 e. The first-order valence-electron chi connectivity index (χ1n) is 19.7. The number of aromatic hydroxyl groups is 1.